The predicted octanol–water partition coefficient (Wildman–Crippen LogP) is 0.814. The van der Waals surface area contributed by atoms with E-state index in [-0.39, 0.29) is 5.91 Å². The number of hydrogen-bond donors (Lipinski definition) is 1. The van der Waals surface area contributed by atoms with Gasteiger partial charge in [-0.3, -0.25) is 9.69 Å². The van der Waals surface area contributed by atoms with Crippen LogP contribution in [0.15, 0.2) is 10.6 Å². The van der Waals surface area contributed by atoms with Gasteiger partial charge in [0.25, 0.3) is 0 Å². The lowest BCUT2D eigenvalue weighted by atomic mass is 9.81. The molecule has 2 saturated heterocycles. The number of aryl methyl sites for hydroxylation is 1. The number of hydrogen-bond acceptors (Lipinski definition) is 5. The Labute approximate surface area is 124 Å². The van der Waals surface area contributed by atoms with E-state index in [1.54, 1.807) is 7.05 Å². The largest absolute Gasteiger partial charge is 0.381 e. The highest BCUT2D eigenvalue weighted by atomic mass is 16.5. The third kappa shape index (κ3) is 3.27. The minimum atomic E-state index is 0.106. The van der Waals surface area contributed by atoms with Gasteiger partial charge in [-0.05, 0) is 24.7 Å². The highest BCUT2D eigenvalue weighted by molar-refractivity contribution is 5.75. The predicted molar refractivity (Wildman–Crippen MR) is 76.5 cm³/mol. The molecular formula is C15H23N3O3. The molecule has 3 heterocycles. The van der Waals surface area contributed by atoms with Crippen molar-refractivity contribution in [3.8, 4) is 0 Å². The number of nitrogens with zero attached hydrogens (tertiary/aromatic N) is 2. The van der Waals surface area contributed by atoms with Gasteiger partial charge in [-0.2, -0.15) is 0 Å². The molecule has 0 spiro atoms. The van der Waals surface area contributed by atoms with Crippen molar-refractivity contribution in [1.29, 1.82) is 0 Å². The zero-order valence-corrected chi connectivity index (χ0v) is 12.7. The number of likely N-dealkylation sites (tertiary alicyclic amines) is 1. The summed E-state index contributed by atoms with van der Waals surface area (Å²) in [6.45, 7) is 6.27. The van der Waals surface area contributed by atoms with E-state index >= 15 is 0 Å². The first-order valence-electron chi connectivity index (χ1n) is 7.58. The van der Waals surface area contributed by atoms with Gasteiger partial charge in [-0.15, -0.1) is 0 Å². The maximum atomic E-state index is 11.6. The molecule has 1 aromatic rings. The number of ether oxygens (including phenoxy) is 1. The van der Waals surface area contributed by atoms with Crippen molar-refractivity contribution in [2.45, 2.75) is 19.9 Å². The third-order valence-corrected chi connectivity index (χ3v) is 4.63. The Hall–Kier alpha value is -1.40. The summed E-state index contributed by atoms with van der Waals surface area (Å²) in [5.41, 5.74) is 0.981. The molecule has 2 aliphatic rings. The standard InChI is InChI=1S/C15H23N3O3/c1-10-3-13(17-21-10)6-18-5-12-9-20-8-11(14(12)7-18)4-15(19)16-2/h3,11-12,14H,4-9H2,1-2H3,(H,16,19)/t11-,12-,14+/m0/s1. The van der Waals surface area contributed by atoms with E-state index < -0.39 is 0 Å². The SMILES string of the molecule is CNC(=O)C[C@H]1COC[C@@H]2CN(Cc3cc(C)on3)C[C@H]12. The van der Waals surface area contributed by atoms with E-state index in [2.05, 4.69) is 15.4 Å². The fraction of sp³-hybridized carbons (Fsp3) is 0.733. The molecule has 21 heavy (non-hydrogen) atoms. The van der Waals surface area contributed by atoms with Crippen LogP contribution in [-0.4, -0.2) is 49.3 Å². The number of aromatic nitrogens is 1. The molecule has 2 fully saturated rings. The topological polar surface area (TPSA) is 67.6 Å². The van der Waals surface area contributed by atoms with Crippen molar-refractivity contribution in [2.75, 3.05) is 33.4 Å². The van der Waals surface area contributed by atoms with Gasteiger partial charge in [0.05, 0.1) is 18.9 Å². The molecule has 0 radical (unpaired) electrons. The lowest BCUT2D eigenvalue weighted by Crippen LogP contribution is -2.37. The van der Waals surface area contributed by atoms with E-state index in [1.807, 2.05) is 13.0 Å². The van der Waals surface area contributed by atoms with E-state index in [1.165, 1.54) is 0 Å². The molecule has 1 aromatic heterocycles. The summed E-state index contributed by atoms with van der Waals surface area (Å²) in [7, 11) is 1.69. The number of fused-ring (bicyclic) bond motifs is 1. The zero-order chi connectivity index (χ0) is 14.8. The van der Waals surface area contributed by atoms with Crippen molar-refractivity contribution >= 4 is 5.91 Å². The molecule has 0 aliphatic carbocycles. The van der Waals surface area contributed by atoms with Crippen LogP contribution < -0.4 is 5.32 Å². The van der Waals surface area contributed by atoms with Crippen LogP contribution in [-0.2, 0) is 16.1 Å². The van der Waals surface area contributed by atoms with Gasteiger partial charge in [0, 0.05) is 39.2 Å². The number of rotatable bonds is 4. The summed E-state index contributed by atoms with van der Waals surface area (Å²) in [4.78, 5) is 14.0. The fourth-order valence-corrected chi connectivity index (χ4v) is 3.59. The van der Waals surface area contributed by atoms with Crippen LogP contribution in [0.5, 0.6) is 0 Å². The van der Waals surface area contributed by atoms with E-state index in [0.717, 1.165) is 37.7 Å². The van der Waals surface area contributed by atoms with Crippen LogP contribution in [0.2, 0.25) is 0 Å². The monoisotopic (exact) mass is 293 g/mol. The maximum Gasteiger partial charge on any atom is 0.220 e. The molecule has 6 heteroatoms. The second-order valence-corrected chi connectivity index (χ2v) is 6.22. The summed E-state index contributed by atoms with van der Waals surface area (Å²) >= 11 is 0. The maximum absolute atomic E-state index is 11.6. The van der Waals surface area contributed by atoms with E-state index in [9.17, 15) is 4.79 Å². The fourth-order valence-electron chi connectivity index (χ4n) is 3.59. The highest BCUT2D eigenvalue weighted by Gasteiger charge is 2.41. The Bertz CT molecular complexity index is 502. The molecular weight excluding hydrogens is 270 g/mol. The molecule has 0 aromatic carbocycles. The summed E-state index contributed by atoms with van der Waals surface area (Å²) in [5.74, 6) is 2.36. The van der Waals surface area contributed by atoms with Crippen molar-refractivity contribution < 1.29 is 14.1 Å². The van der Waals surface area contributed by atoms with Crippen LogP contribution in [0.1, 0.15) is 17.9 Å². The Morgan fingerprint density at radius 3 is 3.05 bits per heavy atom. The zero-order valence-electron chi connectivity index (χ0n) is 12.7. The van der Waals surface area contributed by atoms with Gasteiger partial charge in [0.15, 0.2) is 0 Å². The van der Waals surface area contributed by atoms with Crippen molar-refractivity contribution in [1.82, 2.24) is 15.4 Å². The molecule has 1 N–H and O–H groups in total. The molecule has 0 bridgehead atoms. The normalized spacial score (nSPS) is 29.3. The van der Waals surface area contributed by atoms with Gasteiger partial charge in [-0.1, -0.05) is 5.16 Å². The van der Waals surface area contributed by atoms with Gasteiger partial charge in [0.1, 0.15) is 5.76 Å². The summed E-state index contributed by atoms with van der Waals surface area (Å²) in [6.07, 6.45) is 0.564. The number of carbonyl (C=O) groups is 1. The Morgan fingerprint density at radius 1 is 1.48 bits per heavy atom. The molecule has 3 atom stereocenters. The van der Waals surface area contributed by atoms with Gasteiger partial charge in [-0.25, -0.2) is 0 Å². The molecule has 1 amide bonds. The minimum absolute atomic E-state index is 0.106. The molecule has 6 nitrogen and oxygen atoms in total. The summed E-state index contributed by atoms with van der Waals surface area (Å²) in [5, 5.41) is 6.78. The quantitative estimate of drug-likeness (QED) is 0.890. The molecule has 0 unspecified atom stereocenters. The second-order valence-electron chi connectivity index (χ2n) is 6.22. The second kappa shape index (κ2) is 6.15. The van der Waals surface area contributed by atoms with Crippen molar-refractivity contribution in [3.05, 3.63) is 17.5 Å². The molecule has 3 rings (SSSR count). The lowest BCUT2D eigenvalue weighted by Gasteiger charge is -2.32. The van der Waals surface area contributed by atoms with Crippen LogP contribution >= 0.6 is 0 Å². The Balaban J connectivity index is 1.61. The Kier molecular flexibility index (Phi) is 4.26. The smallest absolute Gasteiger partial charge is 0.220 e. The molecule has 2 aliphatic heterocycles. The highest BCUT2D eigenvalue weighted by Crippen LogP contribution is 2.36. The van der Waals surface area contributed by atoms with Gasteiger partial charge < -0.3 is 14.6 Å². The van der Waals surface area contributed by atoms with Gasteiger partial charge in [0.2, 0.25) is 5.91 Å². The van der Waals surface area contributed by atoms with Gasteiger partial charge >= 0.3 is 0 Å². The third-order valence-electron chi connectivity index (χ3n) is 4.63. The van der Waals surface area contributed by atoms with E-state index in [0.29, 0.717) is 30.8 Å². The first-order chi connectivity index (χ1) is 10.2. The van der Waals surface area contributed by atoms with Crippen LogP contribution in [0.4, 0.5) is 0 Å². The first-order valence-corrected chi connectivity index (χ1v) is 7.58. The summed E-state index contributed by atoms with van der Waals surface area (Å²) < 4.78 is 10.8. The van der Waals surface area contributed by atoms with E-state index in [4.69, 9.17) is 9.26 Å². The minimum Gasteiger partial charge on any atom is -0.381 e. The average Bonchev–Trinajstić information content (AvgIpc) is 3.05. The number of carbonyl (C=O) groups excluding carboxylic acids is 1. The lowest BCUT2D eigenvalue weighted by molar-refractivity contribution is -0.124. The van der Waals surface area contributed by atoms with Crippen LogP contribution in [0.25, 0.3) is 0 Å². The Morgan fingerprint density at radius 2 is 2.33 bits per heavy atom. The molecule has 116 valence electrons. The van der Waals surface area contributed by atoms with Crippen LogP contribution in [0.3, 0.4) is 0 Å². The summed E-state index contributed by atoms with van der Waals surface area (Å²) in [6, 6.07) is 1.99. The molecule has 0 saturated carbocycles. The number of amides is 1. The van der Waals surface area contributed by atoms with Crippen LogP contribution in [0, 0.1) is 24.7 Å². The number of nitrogens with one attached hydrogen (secondary N) is 1. The van der Waals surface area contributed by atoms with Crippen molar-refractivity contribution in [2.24, 2.45) is 17.8 Å². The first kappa shape index (κ1) is 14.5. The van der Waals surface area contributed by atoms with Crippen molar-refractivity contribution in [3.63, 3.8) is 0 Å². The average molecular weight is 293 g/mol.